The summed E-state index contributed by atoms with van der Waals surface area (Å²) < 4.78 is 12.5. The van der Waals surface area contributed by atoms with E-state index < -0.39 is 5.82 Å². The molecule has 0 spiro atoms. The van der Waals surface area contributed by atoms with Crippen molar-refractivity contribution < 1.29 is 4.39 Å². The van der Waals surface area contributed by atoms with E-state index in [4.69, 9.17) is 17.3 Å². The highest BCUT2D eigenvalue weighted by Crippen LogP contribution is 2.16. The van der Waals surface area contributed by atoms with Gasteiger partial charge in [-0.25, -0.2) is 4.39 Å². The summed E-state index contributed by atoms with van der Waals surface area (Å²) in [6.45, 7) is 0.212. The minimum atomic E-state index is -0.524. The van der Waals surface area contributed by atoms with Crippen molar-refractivity contribution in [3.05, 3.63) is 28.8 Å². The Kier molecular flexibility index (Phi) is 2.19. The first-order valence-corrected chi connectivity index (χ1v) is 3.11. The summed E-state index contributed by atoms with van der Waals surface area (Å²) in [5.74, 6) is -0.524. The standard InChI is InChI=1S/C6H6ClFN2/c7-6-4(1-9)2-10-3-5(6)8/h2-3H,1,9H2. The molecule has 0 amide bonds. The summed E-state index contributed by atoms with van der Waals surface area (Å²) in [7, 11) is 0. The van der Waals surface area contributed by atoms with Crippen molar-refractivity contribution in [2.75, 3.05) is 0 Å². The third kappa shape index (κ3) is 1.25. The molecule has 0 atom stereocenters. The quantitative estimate of drug-likeness (QED) is 0.673. The zero-order chi connectivity index (χ0) is 7.56. The molecule has 0 aliphatic carbocycles. The van der Waals surface area contributed by atoms with Crippen LogP contribution in [0.1, 0.15) is 5.56 Å². The minimum absolute atomic E-state index is 0.0671. The van der Waals surface area contributed by atoms with Crippen molar-refractivity contribution in [1.29, 1.82) is 0 Å². The van der Waals surface area contributed by atoms with Crippen molar-refractivity contribution in [2.45, 2.75) is 6.54 Å². The average molecular weight is 161 g/mol. The molecule has 1 aromatic heterocycles. The first-order valence-electron chi connectivity index (χ1n) is 2.73. The van der Waals surface area contributed by atoms with Gasteiger partial charge in [-0.15, -0.1) is 0 Å². The monoisotopic (exact) mass is 160 g/mol. The average Bonchev–Trinajstić information content (AvgIpc) is 1.95. The van der Waals surface area contributed by atoms with Gasteiger partial charge in [0.25, 0.3) is 0 Å². The van der Waals surface area contributed by atoms with Crippen molar-refractivity contribution in [3.63, 3.8) is 0 Å². The maximum Gasteiger partial charge on any atom is 0.160 e. The number of nitrogens with two attached hydrogens (primary N) is 1. The van der Waals surface area contributed by atoms with Crippen molar-refractivity contribution in [1.82, 2.24) is 4.98 Å². The third-order valence-corrected chi connectivity index (χ3v) is 1.55. The molecular weight excluding hydrogens is 155 g/mol. The first kappa shape index (κ1) is 7.44. The van der Waals surface area contributed by atoms with E-state index in [9.17, 15) is 4.39 Å². The van der Waals surface area contributed by atoms with Gasteiger partial charge in [-0.3, -0.25) is 4.98 Å². The number of aromatic nitrogens is 1. The number of pyridine rings is 1. The van der Waals surface area contributed by atoms with Gasteiger partial charge in [0.05, 0.1) is 11.2 Å². The van der Waals surface area contributed by atoms with Gasteiger partial charge in [0.15, 0.2) is 5.82 Å². The Bertz CT molecular complexity index is 239. The van der Waals surface area contributed by atoms with Crippen LogP contribution in [0.5, 0.6) is 0 Å². The van der Waals surface area contributed by atoms with E-state index >= 15 is 0 Å². The van der Waals surface area contributed by atoms with E-state index in [0.29, 0.717) is 5.56 Å². The molecule has 2 N–H and O–H groups in total. The molecule has 2 nitrogen and oxygen atoms in total. The van der Waals surface area contributed by atoms with Gasteiger partial charge in [0.2, 0.25) is 0 Å². The van der Waals surface area contributed by atoms with E-state index in [0.717, 1.165) is 6.20 Å². The highest BCUT2D eigenvalue weighted by Gasteiger charge is 2.03. The van der Waals surface area contributed by atoms with Gasteiger partial charge < -0.3 is 5.73 Å². The zero-order valence-electron chi connectivity index (χ0n) is 5.14. The van der Waals surface area contributed by atoms with Gasteiger partial charge in [-0.05, 0) is 0 Å². The summed E-state index contributed by atoms with van der Waals surface area (Å²) >= 11 is 5.50. The van der Waals surface area contributed by atoms with Gasteiger partial charge in [-0.1, -0.05) is 11.6 Å². The molecule has 0 aromatic carbocycles. The largest absolute Gasteiger partial charge is 0.326 e. The second kappa shape index (κ2) is 2.94. The number of hydrogen-bond donors (Lipinski definition) is 1. The smallest absolute Gasteiger partial charge is 0.160 e. The summed E-state index contributed by atoms with van der Waals surface area (Å²) in [6, 6.07) is 0. The second-order valence-corrected chi connectivity index (χ2v) is 2.18. The molecule has 1 rings (SSSR count). The van der Waals surface area contributed by atoms with Crippen LogP contribution in [0.3, 0.4) is 0 Å². The lowest BCUT2D eigenvalue weighted by Gasteiger charge is -1.98. The van der Waals surface area contributed by atoms with Crippen molar-refractivity contribution in [3.8, 4) is 0 Å². The zero-order valence-corrected chi connectivity index (χ0v) is 5.90. The van der Waals surface area contributed by atoms with Crippen LogP contribution in [0.4, 0.5) is 4.39 Å². The van der Waals surface area contributed by atoms with Crippen LogP contribution in [-0.4, -0.2) is 4.98 Å². The predicted octanol–water partition coefficient (Wildman–Crippen LogP) is 1.33. The van der Waals surface area contributed by atoms with Crippen LogP contribution >= 0.6 is 11.6 Å². The number of nitrogens with zero attached hydrogens (tertiary/aromatic N) is 1. The molecule has 4 heteroatoms. The fourth-order valence-corrected chi connectivity index (χ4v) is 0.776. The van der Waals surface area contributed by atoms with E-state index in [-0.39, 0.29) is 11.6 Å². The van der Waals surface area contributed by atoms with Gasteiger partial charge in [-0.2, -0.15) is 0 Å². The predicted molar refractivity (Wildman–Crippen MR) is 37.1 cm³/mol. The molecule has 1 aromatic rings. The van der Waals surface area contributed by atoms with E-state index in [1.165, 1.54) is 6.20 Å². The Labute approximate surface area is 62.8 Å². The van der Waals surface area contributed by atoms with Gasteiger partial charge >= 0.3 is 0 Å². The lowest BCUT2D eigenvalue weighted by Crippen LogP contribution is -1.99. The van der Waals surface area contributed by atoms with Gasteiger partial charge in [0.1, 0.15) is 0 Å². The Morgan fingerprint density at radius 1 is 1.60 bits per heavy atom. The molecular formula is C6H6ClFN2. The number of rotatable bonds is 1. The summed E-state index contributed by atoms with van der Waals surface area (Å²) in [5.41, 5.74) is 5.76. The molecule has 0 unspecified atom stereocenters. The molecule has 0 aliphatic rings. The molecule has 54 valence electrons. The fourth-order valence-electron chi connectivity index (χ4n) is 0.602. The van der Waals surface area contributed by atoms with Crippen LogP contribution in [0.25, 0.3) is 0 Å². The lowest BCUT2D eigenvalue weighted by molar-refractivity contribution is 0.619. The molecule has 1 heterocycles. The molecule has 0 fully saturated rings. The van der Waals surface area contributed by atoms with E-state index in [2.05, 4.69) is 4.98 Å². The molecule has 0 saturated carbocycles. The van der Waals surface area contributed by atoms with Crippen LogP contribution in [0.15, 0.2) is 12.4 Å². The van der Waals surface area contributed by atoms with Crippen LogP contribution < -0.4 is 5.73 Å². The second-order valence-electron chi connectivity index (χ2n) is 1.80. The molecule has 10 heavy (non-hydrogen) atoms. The minimum Gasteiger partial charge on any atom is -0.326 e. The normalized spacial score (nSPS) is 9.90. The van der Waals surface area contributed by atoms with E-state index in [1.54, 1.807) is 0 Å². The molecule has 0 aliphatic heterocycles. The Balaban J connectivity index is 3.14. The van der Waals surface area contributed by atoms with E-state index in [1.807, 2.05) is 0 Å². The van der Waals surface area contributed by atoms with Crippen LogP contribution in [0.2, 0.25) is 5.02 Å². The molecule has 0 saturated heterocycles. The highest BCUT2D eigenvalue weighted by molar-refractivity contribution is 6.31. The Hall–Kier alpha value is -0.670. The lowest BCUT2D eigenvalue weighted by atomic mass is 10.3. The SMILES string of the molecule is NCc1cncc(F)c1Cl. The number of halogens is 2. The van der Waals surface area contributed by atoms with Crippen molar-refractivity contribution >= 4 is 11.6 Å². The Morgan fingerprint density at radius 2 is 2.30 bits per heavy atom. The first-order chi connectivity index (χ1) is 4.75. The van der Waals surface area contributed by atoms with Crippen LogP contribution in [-0.2, 0) is 6.54 Å². The topological polar surface area (TPSA) is 38.9 Å². The van der Waals surface area contributed by atoms with Crippen LogP contribution in [0, 0.1) is 5.82 Å². The maximum atomic E-state index is 12.5. The maximum absolute atomic E-state index is 12.5. The summed E-state index contributed by atoms with van der Waals surface area (Å²) in [5, 5.41) is 0.0671. The third-order valence-electron chi connectivity index (χ3n) is 1.13. The van der Waals surface area contributed by atoms with Gasteiger partial charge in [0, 0.05) is 18.3 Å². The molecule has 0 bridgehead atoms. The summed E-state index contributed by atoms with van der Waals surface area (Å²) in [6.07, 6.45) is 2.51. The number of hydrogen-bond acceptors (Lipinski definition) is 2. The summed E-state index contributed by atoms with van der Waals surface area (Å²) in [4.78, 5) is 3.58. The highest BCUT2D eigenvalue weighted by atomic mass is 35.5. The van der Waals surface area contributed by atoms with Crippen molar-refractivity contribution in [2.24, 2.45) is 5.73 Å². The fraction of sp³-hybridized carbons (Fsp3) is 0.167. The Morgan fingerprint density at radius 3 is 2.80 bits per heavy atom. The molecule has 0 radical (unpaired) electrons.